The Morgan fingerprint density at radius 2 is 2.11 bits per heavy atom. The third-order valence-electron chi connectivity index (χ3n) is 4.82. The van der Waals surface area contributed by atoms with Crippen molar-refractivity contribution in [3.8, 4) is 0 Å². The highest BCUT2D eigenvalue weighted by atomic mass is 32.2. The van der Waals surface area contributed by atoms with Crippen LogP contribution in [0.15, 0.2) is 4.99 Å². The van der Waals surface area contributed by atoms with Gasteiger partial charge in [0.05, 0.1) is 5.04 Å². The summed E-state index contributed by atoms with van der Waals surface area (Å²) < 4.78 is 36.4. The van der Waals surface area contributed by atoms with Gasteiger partial charge in [-0.05, 0) is 50.4 Å². The molecule has 1 heterocycles. The van der Waals surface area contributed by atoms with Gasteiger partial charge in [0, 0.05) is 0 Å². The number of hydrogen-bond donors (Lipinski definition) is 0. The smallest absolute Gasteiger partial charge is 0.271 e. The van der Waals surface area contributed by atoms with Gasteiger partial charge in [0.2, 0.25) is 0 Å². The van der Waals surface area contributed by atoms with Crippen LogP contribution in [-0.4, -0.2) is 21.9 Å². The van der Waals surface area contributed by atoms with E-state index in [9.17, 15) is 18.0 Å². The fraction of sp³-hybridized carbons (Fsp3) is 0.846. The Morgan fingerprint density at radius 1 is 1.37 bits per heavy atom. The minimum absolute atomic E-state index is 0.391. The molecular formula is C13H16F3NOS. The van der Waals surface area contributed by atoms with Crippen LogP contribution in [-0.2, 0) is 4.79 Å². The first-order valence-electron chi connectivity index (χ1n) is 6.67. The first-order chi connectivity index (χ1) is 8.79. The molecule has 3 rings (SSSR count). The lowest BCUT2D eigenvalue weighted by Crippen LogP contribution is -2.43. The molecule has 0 aromatic heterocycles. The van der Waals surface area contributed by atoms with Crippen molar-refractivity contribution in [1.29, 1.82) is 0 Å². The van der Waals surface area contributed by atoms with Crippen LogP contribution in [0.2, 0.25) is 0 Å². The number of aliphatic imine (C=N–C) groups is 1. The van der Waals surface area contributed by atoms with Gasteiger partial charge < -0.3 is 0 Å². The molecule has 6 heteroatoms. The molecule has 0 unspecified atom stereocenters. The molecule has 2 fully saturated rings. The molecule has 0 spiro atoms. The molecule has 0 saturated heterocycles. The number of alkyl halides is 3. The zero-order chi connectivity index (χ0) is 13.8. The fourth-order valence-corrected chi connectivity index (χ4v) is 4.79. The van der Waals surface area contributed by atoms with Crippen LogP contribution in [0.1, 0.15) is 39.0 Å². The number of fused-ring (bicyclic) bond motifs is 2. The second kappa shape index (κ2) is 4.24. The highest BCUT2D eigenvalue weighted by Gasteiger charge is 2.61. The van der Waals surface area contributed by atoms with E-state index in [1.54, 1.807) is 0 Å². The third-order valence-corrected chi connectivity index (χ3v) is 6.13. The number of halogens is 3. The topological polar surface area (TPSA) is 29.4 Å². The highest BCUT2D eigenvalue weighted by Crippen LogP contribution is 2.52. The van der Waals surface area contributed by atoms with Crippen LogP contribution < -0.4 is 0 Å². The number of hydrogen-bond acceptors (Lipinski definition) is 2. The molecule has 2 aliphatic carbocycles. The molecule has 106 valence electrons. The van der Waals surface area contributed by atoms with E-state index >= 15 is 0 Å². The lowest BCUT2D eigenvalue weighted by Gasteiger charge is -2.24. The normalized spacial score (nSPS) is 42.0. The molecule has 1 amide bonds. The minimum Gasteiger partial charge on any atom is -0.271 e. The van der Waals surface area contributed by atoms with Crippen LogP contribution >= 0.6 is 11.8 Å². The predicted molar refractivity (Wildman–Crippen MR) is 68.0 cm³/mol. The summed E-state index contributed by atoms with van der Waals surface area (Å²) in [5.74, 6) is 0.796. The Kier molecular flexibility index (Phi) is 3.00. The molecule has 0 N–H and O–H groups in total. The number of thioether (sulfide) groups is 1. The Balaban J connectivity index is 1.68. The van der Waals surface area contributed by atoms with Crippen molar-refractivity contribution >= 4 is 22.7 Å². The van der Waals surface area contributed by atoms with Gasteiger partial charge in [-0.25, -0.2) is 4.99 Å². The van der Waals surface area contributed by atoms with Crippen molar-refractivity contribution in [2.24, 2.45) is 22.7 Å². The first kappa shape index (κ1) is 13.5. The van der Waals surface area contributed by atoms with E-state index in [0.717, 1.165) is 19.3 Å². The molecule has 0 radical (unpaired) electrons. The summed E-state index contributed by atoms with van der Waals surface area (Å²) in [6.07, 6.45) is 0.796. The van der Waals surface area contributed by atoms with Gasteiger partial charge in [-0.2, -0.15) is 13.2 Å². The molecule has 19 heavy (non-hydrogen) atoms. The average molecular weight is 291 g/mol. The van der Waals surface area contributed by atoms with Crippen LogP contribution in [0.25, 0.3) is 0 Å². The quantitative estimate of drug-likeness (QED) is 0.774. The van der Waals surface area contributed by atoms with E-state index in [1.807, 2.05) is 0 Å². The summed E-state index contributed by atoms with van der Waals surface area (Å²) in [4.78, 5) is 15.2. The van der Waals surface area contributed by atoms with E-state index in [-0.39, 0.29) is 0 Å². The first-order valence-corrected chi connectivity index (χ1v) is 7.49. The summed E-state index contributed by atoms with van der Waals surface area (Å²) in [6, 6.07) is 0. The molecule has 2 nitrogen and oxygen atoms in total. The maximum Gasteiger partial charge on any atom is 0.412 e. The van der Waals surface area contributed by atoms with Crippen molar-refractivity contribution < 1.29 is 18.0 Å². The standard InChI is InChI=1S/C13H16F3NOS/c1-12(13(14,15)16)11(18)17-10(19-12)6-9-5-7-2-3-8(9)4-7/h7-9H,2-6H2,1H3/t7-,8+,9-,12-/m1/s1. The lowest BCUT2D eigenvalue weighted by molar-refractivity contribution is -0.165. The molecule has 3 aliphatic rings. The predicted octanol–water partition coefficient (Wildman–Crippen LogP) is 3.81. The van der Waals surface area contributed by atoms with Crippen LogP contribution in [0.3, 0.4) is 0 Å². The largest absolute Gasteiger partial charge is 0.412 e. The Morgan fingerprint density at radius 3 is 2.58 bits per heavy atom. The van der Waals surface area contributed by atoms with Gasteiger partial charge in [-0.15, -0.1) is 0 Å². The minimum atomic E-state index is -4.53. The van der Waals surface area contributed by atoms with E-state index in [2.05, 4.69) is 4.99 Å². The number of nitrogens with zero attached hydrogens (tertiary/aromatic N) is 1. The number of carbonyl (C=O) groups excluding carboxylic acids is 1. The second-order valence-electron chi connectivity index (χ2n) is 6.08. The highest BCUT2D eigenvalue weighted by molar-refractivity contribution is 8.16. The third kappa shape index (κ3) is 2.12. The summed E-state index contributed by atoms with van der Waals surface area (Å²) in [7, 11) is 0. The van der Waals surface area contributed by atoms with Crippen LogP contribution in [0, 0.1) is 17.8 Å². The molecule has 2 saturated carbocycles. The van der Waals surface area contributed by atoms with Crippen molar-refractivity contribution in [2.45, 2.75) is 50.0 Å². The van der Waals surface area contributed by atoms with Gasteiger partial charge in [0.1, 0.15) is 0 Å². The van der Waals surface area contributed by atoms with E-state index in [0.29, 0.717) is 35.1 Å². The summed E-state index contributed by atoms with van der Waals surface area (Å²) in [6.45, 7) is 0.942. The summed E-state index contributed by atoms with van der Waals surface area (Å²) >= 11 is 0.618. The van der Waals surface area contributed by atoms with Crippen molar-refractivity contribution in [2.75, 3.05) is 0 Å². The maximum absolute atomic E-state index is 12.9. The Labute approximate surface area is 114 Å². The fourth-order valence-electron chi connectivity index (χ4n) is 3.64. The number of carbonyl (C=O) groups is 1. The number of amides is 1. The summed E-state index contributed by atoms with van der Waals surface area (Å²) in [5.41, 5.74) is 0. The van der Waals surface area contributed by atoms with Crippen LogP contribution in [0.4, 0.5) is 13.2 Å². The van der Waals surface area contributed by atoms with Gasteiger partial charge in [0.15, 0.2) is 4.75 Å². The van der Waals surface area contributed by atoms with Crippen molar-refractivity contribution in [3.63, 3.8) is 0 Å². The van der Waals surface area contributed by atoms with Crippen molar-refractivity contribution in [1.82, 2.24) is 0 Å². The van der Waals surface area contributed by atoms with Gasteiger partial charge in [-0.3, -0.25) is 4.79 Å². The number of rotatable bonds is 2. The second-order valence-corrected chi connectivity index (χ2v) is 7.57. The molecule has 0 aromatic rings. The lowest BCUT2D eigenvalue weighted by atomic mass is 9.87. The van der Waals surface area contributed by atoms with E-state index in [1.165, 1.54) is 19.3 Å². The molecule has 0 aromatic carbocycles. The van der Waals surface area contributed by atoms with Crippen LogP contribution in [0.5, 0.6) is 0 Å². The van der Waals surface area contributed by atoms with Gasteiger partial charge >= 0.3 is 6.18 Å². The van der Waals surface area contributed by atoms with Crippen molar-refractivity contribution in [3.05, 3.63) is 0 Å². The van der Waals surface area contributed by atoms with E-state index < -0.39 is 16.8 Å². The zero-order valence-electron chi connectivity index (χ0n) is 10.7. The maximum atomic E-state index is 12.9. The monoisotopic (exact) mass is 291 g/mol. The van der Waals surface area contributed by atoms with E-state index in [4.69, 9.17) is 0 Å². The Hall–Kier alpha value is -0.520. The molecule has 2 bridgehead atoms. The summed E-state index contributed by atoms with van der Waals surface area (Å²) in [5, 5.41) is 0.391. The SMILES string of the molecule is C[C@@]1(C(F)(F)F)SC(C[C@H]2C[C@@H]3CC[C@H]2C3)=NC1=O. The molecular weight excluding hydrogens is 275 g/mol. The average Bonchev–Trinajstić information content (AvgIpc) is 2.94. The Bertz CT molecular complexity index is 448. The molecule has 4 atom stereocenters. The molecule has 1 aliphatic heterocycles. The zero-order valence-corrected chi connectivity index (χ0v) is 11.5. The van der Waals surface area contributed by atoms with Gasteiger partial charge in [-0.1, -0.05) is 18.2 Å². The van der Waals surface area contributed by atoms with Gasteiger partial charge in [0.25, 0.3) is 5.91 Å².